The molecule has 1 aromatic rings. The Hall–Kier alpha value is -1.77. The minimum Gasteiger partial charge on any atom is -0.300 e. The highest BCUT2D eigenvalue weighted by molar-refractivity contribution is 5.31. The van der Waals surface area contributed by atoms with Gasteiger partial charge in [0.1, 0.15) is 0 Å². The minimum absolute atomic E-state index is 0.126. The molecule has 0 amide bonds. The van der Waals surface area contributed by atoms with Crippen LogP contribution in [0.3, 0.4) is 0 Å². The number of benzene rings is 1. The molecular formula is C13H14N2. The fourth-order valence-electron chi connectivity index (χ4n) is 1.26. The topological polar surface area (TPSA) is 35.8 Å². The van der Waals surface area contributed by atoms with Crippen molar-refractivity contribution in [3.63, 3.8) is 0 Å². The average Bonchev–Trinajstić information content (AvgIpc) is 2.31. The molecule has 0 fully saturated rings. The molecule has 76 valence electrons. The van der Waals surface area contributed by atoms with E-state index in [0.717, 1.165) is 18.5 Å². The molecule has 1 aromatic carbocycles. The molecule has 2 heteroatoms. The maximum atomic E-state index is 8.63. The molecule has 0 saturated carbocycles. The molecule has 0 spiro atoms. The number of terminal acetylenes is 1. The van der Waals surface area contributed by atoms with Crippen molar-refractivity contribution in [1.29, 1.82) is 5.26 Å². The maximum Gasteiger partial charge on any atom is 0.0991 e. The monoisotopic (exact) mass is 198 g/mol. The third kappa shape index (κ3) is 3.46. The van der Waals surface area contributed by atoms with E-state index in [0.29, 0.717) is 5.56 Å². The summed E-state index contributed by atoms with van der Waals surface area (Å²) in [5.74, 6) is 2.68. The largest absolute Gasteiger partial charge is 0.300 e. The first kappa shape index (κ1) is 11.3. The molecule has 1 atom stereocenters. The molecule has 1 rings (SSSR count). The van der Waals surface area contributed by atoms with Gasteiger partial charge in [0.15, 0.2) is 0 Å². The van der Waals surface area contributed by atoms with Crippen molar-refractivity contribution >= 4 is 0 Å². The summed E-state index contributed by atoms with van der Waals surface area (Å²) in [5, 5.41) is 11.9. The summed E-state index contributed by atoms with van der Waals surface area (Å²) >= 11 is 0. The summed E-state index contributed by atoms with van der Waals surface area (Å²) < 4.78 is 0. The zero-order valence-electron chi connectivity index (χ0n) is 8.83. The van der Waals surface area contributed by atoms with Gasteiger partial charge in [-0.25, -0.2) is 0 Å². The highest BCUT2D eigenvalue weighted by Crippen LogP contribution is 2.03. The summed E-state index contributed by atoms with van der Waals surface area (Å²) in [6.07, 6.45) is 6.26. The summed E-state index contributed by atoms with van der Waals surface area (Å²) in [6.45, 7) is 2.80. The maximum absolute atomic E-state index is 8.63. The molecule has 2 nitrogen and oxygen atoms in total. The number of rotatable bonds is 4. The van der Waals surface area contributed by atoms with Gasteiger partial charge in [-0.05, 0) is 24.1 Å². The van der Waals surface area contributed by atoms with Crippen LogP contribution in [0.2, 0.25) is 0 Å². The standard InChI is InChI=1S/C13H14N2/c1-3-13(4-2)15-10-12-7-5-11(9-14)6-8-12/h1,5-8,13,15H,4,10H2,2H3. The van der Waals surface area contributed by atoms with Crippen LogP contribution in [0.15, 0.2) is 24.3 Å². The first-order valence-electron chi connectivity index (χ1n) is 4.98. The van der Waals surface area contributed by atoms with Crippen LogP contribution in [-0.2, 0) is 6.54 Å². The quantitative estimate of drug-likeness (QED) is 0.752. The van der Waals surface area contributed by atoms with Gasteiger partial charge >= 0.3 is 0 Å². The molecule has 0 saturated heterocycles. The highest BCUT2D eigenvalue weighted by atomic mass is 14.9. The molecule has 0 radical (unpaired) electrons. The van der Waals surface area contributed by atoms with E-state index in [1.165, 1.54) is 0 Å². The van der Waals surface area contributed by atoms with Gasteiger partial charge in [-0.15, -0.1) is 6.42 Å². The van der Waals surface area contributed by atoms with Crippen molar-refractivity contribution in [2.24, 2.45) is 0 Å². The fourth-order valence-corrected chi connectivity index (χ4v) is 1.26. The van der Waals surface area contributed by atoms with Gasteiger partial charge < -0.3 is 0 Å². The molecule has 1 unspecified atom stereocenters. The lowest BCUT2D eigenvalue weighted by molar-refractivity contribution is 0.592. The fraction of sp³-hybridized carbons (Fsp3) is 0.308. The van der Waals surface area contributed by atoms with Crippen LogP contribution in [0.25, 0.3) is 0 Å². The Morgan fingerprint density at radius 3 is 2.53 bits per heavy atom. The van der Waals surface area contributed by atoms with Crippen LogP contribution >= 0.6 is 0 Å². The van der Waals surface area contributed by atoms with Crippen LogP contribution in [0.1, 0.15) is 24.5 Å². The van der Waals surface area contributed by atoms with Gasteiger partial charge in [-0.3, -0.25) is 5.32 Å². The second kappa shape index (κ2) is 5.86. The Kier molecular flexibility index (Phi) is 4.41. The van der Waals surface area contributed by atoms with Crippen molar-refractivity contribution in [3.8, 4) is 18.4 Å². The predicted molar refractivity (Wildman–Crippen MR) is 60.9 cm³/mol. The van der Waals surface area contributed by atoms with E-state index in [4.69, 9.17) is 11.7 Å². The van der Waals surface area contributed by atoms with Gasteiger partial charge in [-0.2, -0.15) is 5.26 Å². The number of nitrogens with one attached hydrogen (secondary N) is 1. The van der Waals surface area contributed by atoms with Gasteiger partial charge in [0.25, 0.3) is 0 Å². The van der Waals surface area contributed by atoms with E-state index in [-0.39, 0.29) is 6.04 Å². The lowest BCUT2D eigenvalue weighted by Gasteiger charge is -2.10. The molecule has 0 aromatic heterocycles. The summed E-state index contributed by atoms with van der Waals surface area (Å²) in [4.78, 5) is 0. The normalized spacial score (nSPS) is 11.4. The van der Waals surface area contributed by atoms with E-state index in [9.17, 15) is 0 Å². The van der Waals surface area contributed by atoms with Crippen LogP contribution in [-0.4, -0.2) is 6.04 Å². The zero-order valence-corrected chi connectivity index (χ0v) is 8.83. The second-order valence-corrected chi connectivity index (χ2v) is 3.32. The molecule has 1 N–H and O–H groups in total. The van der Waals surface area contributed by atoms with Gasteiger partial charge in [0.2, 0.25) is 0 Å². The summed E-state index contributed by atoms with van der Waals surface area (Å²) in [6, 6.07) is 9.72. The van der Waals surface area contributed by atoms with Crippen molar-refractivity contribution in [1.82, 2.24) is 5.32 Å². The lowest BCUT2D eigenvalue weighted by Crippen LogP contribution is -2.26. The lowest BCUT2D eigenvalue weighted by atomic mass is 10.1. The zero-order chi connectivity index (χ0) is 11.1. The number of hydrogen-bond acceptors (Lipinski definition) is 2. The van der Waals surface area contributed by atoms with Crippen molar-refractivity contribution in [2.75, 3.05) is 0 Å². The van der Waals surface area contributed by atoms with Gasteiger partial charge in [0, 0.05) is 6.54 Å². The van der Waals surface area contributed by atoms with Crippen LogP contribution < -0.4 is 5.32 Å². The molecular weight excluding hydrogens is 184 g/mol. The van der Waals surface area contributed by atoms with Crippen molar-refractivity contribution < 1.29 is 0 Å². The highest BCUT2D eigenvalue weighted by Gasteiger charge is 2.00. The third-order valence-electron chi connectivity index (χ3n) is 2.25. The summed E-state index contributed by atoms with van der Waals surface area (Å²) in [5.41, 5.74) is 1.82. The van der Waals surface area contributed by atoms with Crippen LogP contribution in [0.4, 0.5) is 0 Å². The second-order valence-electron chi connectivity index (χ2n) is 3.32. The van der Waals surface area contributed by atoms with Crippen molar-refractivity contribution in [3.05, 3.63) is 35.4 Å². The molecule has 0 aliphatic carbocycles. The average molecular weight is 198 g/mol. The minimum atomic E-state index is 0.126. The smallest absolute Gasteiger partial charge is 0.0991 e. The van der Waals surface area contributed by atoms with E-state index in [1.807, 2.05) is 24.3 Å². The van der Waals surface area contributed by atoms with Crippen LogP contribution in [0.5, 0.6) is 0 Å². The van der Waals surface area contributed by atoms with E-state index >= 15 is 0 Å². The molecule has 0 heterocycles. The van der Waals surface area contributed by atoms with Crippen LogP contribution in [0, 0.1) is 23.7 Å². The van der Waals surface area contributed by atoms with E-state index in [2.05, 4.69) is 24.2 Å². The first-order chi connectivity index (χ1) is 7.30. The third-order valence-corrected chi connectivity index (χ3v) is 2.25. The molecule has 15 heavy (non-hydrogen) atoms. The van der Waals surface area contributed by atoms with E-state index < -0.39 is 0 Å². The number of nitrogens with zero attached hydrogens (tertiary/aromatic N) is 1. The number of nitriles is 1. The molecule has 0 aliphatic rings. The van der Waals surface area contributed by atoms with Crippen molar-refractivity contribution in [2.45, 2.75) is 25.9 Å². The Morgan fingerprint density at radius 1 is 1.40 bits per heavy atom. The SMILES string of the molecule is C#CC(CC)NCc1ccc(C#N)cc1. The predicted octanol–water partition coefficient (Wildman–Crippen LogP) is 2.06. The number of hydrogen-bond donors (Lipinski definition) is 1. The summed E-state index contributed by atoms with van der Waals surface area (Å²) in [7, 11) is 0. The Balaban J connectivity index is 2.52. The Bertz CT molecular complexity index is 378. The Morgan fingerprint density at radius 2 is 2.07 bits per heavy atom. The Labute approximate surface area is 90.9 Å². The molecule has 0 aliphatic heterocycles. The molecule has 0 bridgehead atoms. The van der Waals surface area contributed by atoms with E-state index in [1.54, 1.807) is 0 Å². The first-order valence-corrected chi connectivity index (χ1v) is 4.98. The van der Waals surface area contributed by atoms with Gasteiger partial charge in [-0.1, -0.05) is 25.0 Å². The van der Waals surface area contributed by atoms with Gasteiger partial charge in [0.05, 0.1) is 17.7 Å².